The van der Waals surface area contributed by atoms with Gasteiger partial charge in [0.2, 0.25) is 0 Å². The van der Waals surface area contributed by atoms with Crippen LogP contribution in [0.4, 0.5) is 16.2 Å². The first kappa shape index (κ1) is 25.4. The average molecular weight is 483 g/mol. The van der Waals surface area contributed by atoms with Gasteiger partial charge in [0.15, 0.2) is 0 Å². The third-order valence-electron chi connectivity index (χ3n) is 5.06. The quantitative estimate of drug-likeness (QED) is 0.328. The van der Waals surface area contributed by atoms with Crippen molar-refractivity contribution in [3.63, 3.8) is 0 Å². The zero-order valence-corrected chi connectivity index (χ0v) is 20.4. The number of halogens is 1. The van der Waals surface area contributed by atoms with E-state index in [2.05, 4.69) is 5.32 Å². The number of phenols is 1. The van der Waals surface area contributed by atoms with Crippen molar-refractivity contribution in [2.45, 2.75) is 38.9 Å². The minimum atomic E-state index is -0.886. The molecule has 1 amide bonds. The first-order valence-electron chi connectivity index (χ1n) is 11.2. The van der Waals surface area contributed by atoms with E-state index in [1.54, 1.807) is 48.5 Å². The first-order valence-corrected chi connectivity index (χ1v) is 11.5. The molecule has 0 aromatic heterocycles. The van der Waals surface area contributed by atoms with Crippen LogP contribution in [-0.4, -0.2) is 39.9 Å². The van der Waals surface area contributed by atoms with E-state index in [1.165, 1.54) is 4.90 Å². The summed E-state index contributed by atoms with van der Waals surface area (Å²) in [4.78, 5) is 14.4. The van der Waals surface area contributed by atoms with Crippen molar-refractivity contribution in [3.05, 3.63) is 88.9 Å². The fraction of sp³-hybridized carbons (Fsp3) is 0.296. The summed E-state index contributed by atoms with van der Waals surface area (Å²) in [6, 6.07) is 21.7. The van der Waals surface area contributed by atoms with Crippen LogP contribution in [0.3, 0.4) is 0 Å². The minimum Gasteiger partial charge on any atom is -0.508 e. The van der Waals surface area contributed by atoms with Gasteiger partial charge in [0, 0.05) is 22.9 Å². The largest absolute Gasteiger partial charge is 0.508 e. The highest BCUT2D eigenvalue weighted by Gasteiger charge is 2.24. The van der Waals surface area contributed by atoms with Gasteiger partial charge in [0.25, 0.3) is 0 Å². The van der Waals surface area contributed by atoms with Gasteiger partial charge in [-0.05, 0) is 86.8 Å². The number of hydrogen-bond donors (Lipinski definition) is 3. The Bertz CT molecular complexity index is 1080. The number of anilines is 2. The van der Waals surface area contributed by atoms with Crippen LogP contribution in [0.1, 0.15) is 38.0 Å². The van der Waals surface area contributed by atoms with Crippen LogP contribution in [0.2, 0.25) is 5.02 Å². The second-order valence-corrected chi connectivity index (χ2v) is 9.55. The predicted molar refractivity (Wildman–Crippen MR) is 136 cm³/mol. The van der Waals surface area contributed by atoms with Gasteiger partial charge in [-0.2, -0.15) is 0 Å². The van der Waals surface area contributed by atoms with Gasteiger partial charge in [-0.3, -0.25) is 0 Å². The van der Waals surface area contributed by atoms with Crippen LogP contribution in [0.5, 0.6) is 5.75 Å². The summed E-state index contributed by atoms with van der Waals surface area (Å²) in [6.45, 7) is 5.93. The molecule has 0 aliphatic carbocycles. The Hall–Kier alpha value is -3.22. The number of phenolic OH excluding ortho intramolecular Hbond substituents is 1. The Morgan fingerprint density at radius 3 is 2.24 bits per heavy atom. The van der Waals surface area contributed by atoms with E-state index < -0.39 is 17.8 Å². The minimum absolute atomic E-state index is 0.0930. The van der Waals surface area contributed by atoms with Crippen LogP contribution >= 0.6 is 11.6 Å². The first-order chi connectivity index (χ1) is 16.1. The highest BCUT2D eigenvalue weighted by Crippen LogP contribution is 2.22. The third kappa shape index (κ3) is 7.97. The molecule has 0 aliphatic heterocycles. The zero-order chi connectivity index (χ0) is 24.7. The lowest BCUT2D eigenvalue weighted by molar-refractivity contribution is 0.0147. The maximum Gasteiger partial charge on any atom is 0.410 e. The highest BCUT2D eigenvalue weighted by molar-refractivity contribution is 6.30. The molecule has 3 N–H and O–H groups in total. The van der Waals surface area contributed by atoms with Crippen molar-refractivity contribution < 1.29 is 19.7 Å². The number of benzene rings is 3. The fourth-order valence-electron chi connectivity index (χ4n) is 3.34. The molecule has 3 rings (SSSR count). The molecule has 180 valence electrons. The Balaban J connectivity index is 1.65. The number of nitrogens with zero attached hydrogens (tertiary/aromatic N) is 1. The number of ether oxygens (including phenoxy) is 1. The van der Waals surface area contributed by atoms with Crippen LogP contribution < -0.4 is 5.32 Å². The number of carbonyl (C=O) groups excluding carboxylic acids is 1. The molecule has 3 aromatic rings. The molecule has 0 bridgehead atoms. The number of hydrogen-bond acceptors (Lipinski definition) is 5. The van der Waals surface area contributed by atoms with Gasteiger partial charge in [0.1, 0.15) is 11.4 Å². The van der Waals surface area contributed by atoms with Gasteiger partial charge in [-0.25, -0.2) is 4.79 Å². The molecule has 6 nitrogen and oxygen atoms in total. The number of aliphatic hydroxyl groups is 1. The smallest absolute Gasteiger partial charge is 0.410 e. The van der Waals surface area contributed by atoms with Gasteiger partial charge in [-0.15, -0.1) is 0 Å². The molecular formula is C27H31ClN2O4. The summed E-state index contributed by atoms with van der Waals surface area (Å²) in [5.41, 5.74) is 2.83. The lowest BCUT2D eigenvalue weighted by Gasteiger charge is -2.29. The lowest BCUT2D eigenvalue weighted by Crippen LogP contribution is -2.40. The summed E-state index contributed by atoms with van der Waals surface area (Å²) >= 11 is 6.05. The van der Waals surface area contributed by atoms with E-state index in [0.29, 0.717) is 23.6 Å². The molecule has 0 unspecified atom stereocenters. The standard InChI is InChI=1S/C27H31ClN2O4/c1-27(2,3)34-26(33)30(18-25(32)20-5-4-6-21(28)17-20)16-15-19-7-9-22(10-8-19)29-23-11-13-24(31)14-12-23/h4-14,17,25,29,31-32H,15-16,18H2,1-3H3/t25-/m0/s1. The molecule has 0 spiro atoms. The molecule has 1 atom stereocenters. The van der Waals surface area contributed by atoms with Gasteiger partial charge >= 0.3 is 6.09 Å². The maximum absolute atomic E-state index is 12.8. The van der Waals surface area contributed by atoms with Crippen molar-refractivity contribution in [1.82, 2.24) is 4.90 Å². The van der Waals surface area contributed by atoms with E-state index >= 15 is 0 Å². The molecule has 0 saturated heterocycles. The molecule has 0 fully saturated rings. The van der Waals surface area contributed by atoms with Gasteiger partial charge in [-0.1, -0.05) is 35.9 Å². The number of aromatic hydroxyl groups is 1. The molecule has 0 radical (unpaired) electrons. The SMILES string of the molecule is CC(C)(C)OC(=O)N(CCc1ccc(Nc2ccc(O)cc2)cc1)C[C@H](O)c1cccc(Cl)c1. The normalized spacial score (nSPS) is 12.1. The van der Waals surface area contributed by atoms with Crippen molar-refractivity contribution in [2.24, 2.45) is 0 Å². The molecule has 3 aromatic carbocycles. The summed E-state index contributed by atoms with van der Waals surface area (Å²) in [5, 5.41) is 23.9. The van der Waals surface area contributed by atoms with Gasteiger partial charge < -0.3 is 25.2 Å². The van der Waals surface area contributed by atoms with E-state index in [-0.39, 0.29) is 12.3 Å². The van der Waals surface area contributed by atoms with Crippen LogP contribution in [-0.2, 0) is 11.2 Å². The molecule has 7 heteroatoms. The lowest BCUT2D eigenvalue weighted by atomic mass is 10.1. The number of amides is 1. The number of carbonyl (C=O) groups is 1. The molecule has 0 aliphatic rings. The third-order valence-corrected chi connectivity index (χ3v) is 5.29. The van der Waals surface area contributed by atoms with Crippen LogP contribution in [0.15, 0.2) is 72.8 Å². The fourth-order valence-corrected chi connectivity index (χ4v) is 3.54. The van der Waals surface area contributed by atoms with Crippen LogP contribution in [0, 0.1) is 0 Å². The number of aliphatic hydroxyl groups excluding tert-OH is 1. The van der Waals surface area contributed by atoms with E-state index in [1.807, 2.05) is 45.0 Å². The maximum atomic E-state index is 12.8. The molecule has 34 heavy (non-hydrogen) atoms. The summed E-state index contributed by atoms with van der Waals surface area (Å²) in [7, 11) is 0. The summed E-state index contributed by atoms with van der Waals surface area (Å²) < 4.78 is 5.56. The Kier molecular flexibility index (Phi) is 8.42. The summed E-state index contributed by atoms with van der Waals surface area (Å²) in [6.07, 6.45) is -0.761. The highest BCUT2D eigenvalue weighted by atomic mass is 35.5. The van der Waals surface area contributed by atoms with Crippen molar-refractivity contribution >= 4 is 29.1 Å². The molecule has 0 heterocycles. The van der Waals surface area contributed by atoms with Crippen molar-refractivity contribution in [2.75, 3.05) is 18.4 Å². The van der Waals surface area contributed by atoms with E-state index in [4.69, 9.17) is 16.3 Å². The monoisotopic (exact) mass is 482 g/mol. The Morgan fingerprint density at radius 1 is 1.03 bits per heavy atom. The van der Waals surface area contributed by atoms with Gasteiger partial charge in [0.05, 0.1) is 12.6 Å². The van der Waals surface area contributed by atoms with E-state index in [0.717, 1.165) is 16.9 Å². The van der Waals surface area contributed by atoms with E-state index in [9.17, 15) is 15.0 Å². The summed E-state index contributed by atoms with van der Waals surface area (Å²) in [5.74, 6) is 0.218. The molecule has 0 saturated carbocycles. The Labute approximate surface area is 205 Å². The average Bonchev–Trinajstić information content (AvgIpc) is 2.78. The second kappa shape index (κ2) is 11.3. The Morgan fingerprint density at radius 2 is 1.65 bits per heavy atom. The number of nitrogens with one attached hydrogen (secondary N) is 1. The predicted octanol–water partition coefficient (Wildman–Crippen LogP) is 6.30. The van der Waals surface area contributed by atoms with Crippen molar-refractivity contribution in [3.8, 4) is 5.75 Å². The zero-order valence-electron chi connectivity index (χ0n) is 19.7. The molecular weight excluding hydrogens is 452 g/mol. The second-order valence-electron chi connectivity index (χ2n) is 9.12. The van der Waals surface area contributed by atoms with Crippen molar-refractivity contribution in [1.29, 1.82) is 0 Å². The topological polar surface area (TPSA) is 82.0 Å². The van der Waals surface area contributed by atoms with Crippen LogP contribution in [0.25, 0.3) is 0 Å². The number of rotatable bonds is 8.